The Balaban J connectivity index is 0.998. The fraction of sp³-hybridized carbons (Fsp3) is 0.857. The highest BCUT2D eigenvalue weighted by Gasteiger charge is 2.55. The Labute approximate surface area is 178 Å². The van der Waals surface area contributed by atoms with E-state index in [1.165, 1.54) is 0 Å². The molecular formula is C21H28F3N3O4. The summed E-state index contributed by atoms with van der Waals surface area (Å²) < 4.78 is 52.1. The molecule has 1 aromatic heterocycles. The van der Waals surface area contributed by atoms with Crippen LogP contribution in [-0.2, 0) is 14.3 Å². The molecule has 0 saturated heterocycles. The van der Waals surface area contributed by atoms with Gasteiger partial charge >= 0.3 is 6.36 Å². The first-order chi connectivity index (χ1) is 14.7. The zero-order chi connectivity index (χ0) is 21.8. The SMILES string of the molecule is CC1CC(OCC(=O)NC2CC3(C2)CC(c2nnc(C4CC(OC(F)(F)F)C4)o2)C3)C1. The van der Waals surface area contributed by atoms with Gasteiger partial charge in [0.25, 0.3) is 0 Å². The van der Waals surface area contributed by atoms with Crippen LogP contribution in [0.3, 0.4) is 0 Å². The number of carbonyl (C=O) groups excluding carboxylic acids is 1. The van der Waals surface area contributed by atoms with Crippen molar-refractivity contribution in [2.24, 2.45) is 11.3 Å². The van der Waals surface area contributed by atoms with Gasteiger partial charge in [0.05, 0.1) is 12.2 Å². The van der Waals surface area contributed by atoms with Crippen LogP contribution in [0.25, 0.3) is 0 Å². The van der Waals surface area contributed by atoms with Gasteiger partial charge in [0.1, 0.15) is 6.61 Å². The lowest BCUT2D eigenvalue weighted by Gasteiger charge is -2.57. The highest BCUT2D eigenvalue weighted by molar-refractivity contribution is 5.77. The normalized spacial score (nSPS) is 39.2. The van der Waals surface area contributed by atoms with E-state index in [0.29, 0.717) is 17.7 Å². The minimum absolute atomic E-state index is 0.0369. The molecule has 4 aliphatic rings. The van der Waals surface area contributed by atoms with Gasteiger partial charge in [-0.2, -0.15) is 0 Å². The van der Waals surface area contributed by atoms with Crippen molar-refractivity contribution in [1.82, 2.24) is 15.5 Å². The van der Waals surface area contributed by atoms with Crippen LogP contribution < -0.4 is 5.32 Å². The van der Waals surface area contributed by atoms with Gasteiger partial charge in [-0.05, 0) is 62.7 Å². The van der Waals surface area contributed by atoms with Crippen LogP contribution in [0, 0.1) is 11.3 Å². The molecule has 1 N–H and O–H groups in total. The summed E-state index contributed by atoms with van der Waals surface area (Å²) in [7, 11) is 0. The average molecular weight is 443 g/mol. The largest absolute Gasteiger partial charge is 0.522 e. The second-order valence-electron chi connectivity index (χ2n) is 10.1. The zero-order valence-electron chi connectivity index (χ0n) is 17.5. The molecule has 1 amide bonds. The number of amides is 1. The maximum Gasteiger partial charge on any atom is 0.522 e. The van der Waals surface area contributed by atoms with Crippen LogP contribution in [-0.4, -0.2) is 47.3 Å². The highest BCUT2D eigenvalue weighted by Crippen LogP contribution is 2.61. The summed E-state index contributed by atoms with van der Waals surface area (Å²) in [6, 6.07) is 0.205. The first-order valence-corrected chi connectivity index (χ1v) is 11.2. The Morgan fingerprint density at radius 1 is 1.06 bits per heavy atom. The number of aromatic nitrogens is 2. The Kier molecular flexibility index (Phi) is 5.28. The third kappa shape index (κ3) is 4.60. The van der Waals surface area contributed by atoms with Crippen LogP contribution in [0.1, 0.15) is 81.9 Å². The van der Waals surface area contributed by atoms with Crippen LogP contribution >= 0.6 is 0 Å². The lowest BCUT2D eigenvalue weighted by atomic mass is 9.50. The second kappa shape index (κ2) is 7.72. The maximum atomic E-state index is 12.2. The summed E-state index contributed by atoms with van der Waals surface area (Å²) in [5, 5.41) is 11.2. The van der Waals surface area contributed by atoms with Gasteiger partial charge in [0.15, 0.2) is 0 Å². The number of hydrogen-bond acceptors (Lipinski definition) is 6. The number of rotatable bonds is 7. The topological polar surface area (TPSA) is 86.5 Å². The van der Waals surface area contributed by atoms with Crippen molar-refractivity contribution in [1.29, 1.82) is 0 Å². The first-order valence-electron chi connectivity index (χ1n) is 11.2. The van der Waals surface area contributed by atoms with E-state index in [1.807, 2.05) is 0 Å². The van der Waals surface area contributed by atoms with E-state index in [9.17, 15) is 18.0 Å². The van der Waals surface area contributed by atoms with E-state index < -0.39 is 12.5 Å². The number of ether oxygens (including phenoxy) is 2. The van der Waals surface area contributed by atoms with Crippen molar-refractivity contribution in [3.8, 4) is 0 Å². The molecular weight excluding hydrogens is 415 g/mol. The maximum absolute atomic E-state index is 12.2. The molecule has 4 saturated carbocycles. The van der Waals surface area contributed by atoms with Crippen molar-refractivity contribution < 1.29 is 31.9 Å². The Bertz CT molecular complexity index is 803. The van der Waals surface area contributed by atoms with Gasteiger partial charge in [-0.15, -0.1) is 23.4 Å². The molecule has 0 unspecified atom stereocenters. The third-order valence-electron chi connectivity index (χ3n) is 7.41. The number of nitrogens with zero attached hydrogens (tertiary/aromatic N) is 2. The number of carbonyl (C=O) groups is 1. The molecule has 4 fully saturated rings. The zero-order valence-corrected chi connectivity index (χ0v) is 17.5. The predicted octanol–water partition coefficient (Wildman–Crippen LogP) is 3.81. The summed E-state index contributed by atoms with van der Waals surface area (Å²) >= 11 is 0. The van der Waals surface area contributed by atoms with Crippen molar-refractivity contribution in [2.45, 2.75) is 94.7 Å². The molecule has 7 nitrogen and oxygen atoms in total. The van der Waals surface area contributed by atoms with Gasteiger partial charge < -0.3 is 14.5 Å². The van der Waals surface area contributed by atoms with E-state index in [-0.39, 0.29) is 54.8 Å². The monoisotopic (exact) mass is 443 g/mol. The first kappa shape index (κ1) is 21.2. The molecule has 1 aromatic rings. The summed E-state index contributed by atoms with van der Waals surface area (Å²) in [5.74, 6) is 1.70. The molecule has 5 rings (SSSR count). The number of nitrogens with one attached hydrogen (secondary N) is 1. The van der Waals surface area contributed by atoms with Gasteiger partial charge in [-0.3, -0.25) is 9.53 Å². The lowest BCUT2D eigenvalue weighted by Crippen LogP contribution is -2.56. The molecule has 0 atom stereocenters. The average Bonchev–Trinajstić information content (AvgIpc) is 3.02. The molecule has 1 spiro atoms. The van der Waals surface area contributed by atoms with E-state index in [0.717, 1.165) is 38.5 Å². The Morgan fingerprint density at radius 2 is 1.71 bits per heavy atom. The van der Waals surface area contributed by atoms with Gasteiger partial charge in [0.2, 0.25) is 17.7 Å². The van der Waals surface area contributed by atoms with Crippen molar-refractivity contribution in [2.75, 3.05) is 6.61 Å². The fourth-order valence-electron chi connectivity index (χ4n) is 5.64. The van der Waals surface area contributed by atoms with E-state index >= 15 is 0 Å². The van der Waals surface area contributed by atoms with Crippen LogP contribution in [0.2, 0.25) is 0 Å². The van der Waals surface area contributed by atoms with Crippen LogP contribution in [0.4, 0.5) is 13.2 Å². The third-order valence-corrected chi connectivity index (χ3v) is 7.41. The number of hydrogen-bond donors (Lipinski definition) is 1. The smallest absolute Gasteiger partial charge is 0.425 e. The minimum atomic E-state index is -4.60. The van der Waals surface area contributed by atoms with Crippen molar-refractivity contribution in [3.63, 3.8) is 0 Å². The standard InChI is InChI=1S/C21H28F3N3O4/c1-11-2-15(3-11)29-10-17(28)25-14-8-20(9-14)6-13(7-20)19-27-26-18(30-19)12-4-16(5-12)31-21(22,23)24/h11-16H,2-10H2,1H3,(H,25,28). The van der Waals surface area contributed by atoms with E-state index in [4.69, 9.17) is 9.15 Å². The van der Waals surface area contributed by atoms with Gasteiger partial charge in [0, 0.05) is 17.9 Å². The minimum Gasteiger partial charge on any atom is -0.425 e. The Morgan fingerprint density at radius 3 is 2.32 bits per heavy atom. The lowest BCUT2D eigenvalue weighted by molar-refractivity contribution is -0.352. The summed E-state index contributed by atoms with van der Waals surface area (Å²) in [6.45, 7) is 2.33. The van der Waals surface area contributed by atoms with Crippen molar-refractivity contribution >= 4 is 5.91 Å². The number of halogens is 3. The summed E-state index contributed by atoms with van der Waals surface area (Å²) in [4.78, 5) is 12.0. The molecule has 0 radical (unpaired) electrons. The van der Waals surface area contributed by atoms with Gasteiger partial charge in [-0.25, -0.2) is 0 Å². The van der Waals surface area contributed by atoms with Crippen LogP contribution in [0.15, 0.2) is 4.42 Å². The van der Waals surface area contributed by atoms with E-state index in [1.54, 1.807) is 0 Å². The predicted molar refractivity (Wildman–Crippen MR) is 101 cm³/mol. The quantitative estimate of drug-likeness (QED) is 0.690. The Hall–Kier alpha value is -1.68. The van der Waals surface area contributed by atoms with Gasteiger partial charge in [-0.1, -0.05) is 6.92 Å². The van der Waals surface area contributed by atoms with Crippen LogP contribution in [0.5, 0.6) is 0 Å². The molecule has 0 bridgehead atoms. The molecule has 1 heterocycles. The molecule has 0 aromatic carbocycles. The van der Waals surface area contributed by atoms with E-state index in [2.05, 4.69) is 27.2 Å². The fourth-order valence-corrected chi connectivity index (χ4v) is 5.64. The number of alkyl halides is 3. The van der Waals surface area contributed by atoms with Crippen molar-refractivity contribution in [3.05, 3.63) is 11.8 Å². The molecule has 0 aliphatic heterocycles. The molecule has 172 valence electrons. The highest BCUT2D eigenvalue weighted by atomic mass is 19.4. The summed E-state index contributed by atoms with van der Waals surface area (Å²) in [6.07, 6.45) is 1.21. The second-order valence-corrected chi connectivity index (χ2v) is 10.1. The molecule has 31 heavy (non-hydrogen) atoms. The molecule has 10 heteroatoms. The molecule has 4 aliphatic carbocycles. The summed E-state index contributed by atoms with van der Waals surface area (Å²) in [5.41, 5.74) is 0.240.